The Bertz CT molecular complexity index is 3720. The summed E-state index contributed by atoms with van der Waals surface area (Å²) in [4.78, 5) is 66.2. The zero-order chi connectivity index (χ0) is 70.5. The summed E-state index contributed by atoms with van der Waals surface area (Å²) in [5, 5.41) is 13.4. The van der Waals surface area contributed by atoms with Crippen LogP contribution in [0.4, 0.5) is 62.6 Å². The van der Waals surface area contributed by atoms with Crippen molar-refractivity contribution in [3.63, 3.8) is 0 Å². The number of hydrazine groups is 2. The van der Waals surface area contributed by atoms with Crippen LogP contribution in [0.1, 0.15) is 50.6 Å². The molecule has 7 aromatic rings. The molecule has 33 nitrogen and oxygen atoms in total. The molecule has 0 saturated carbocycles. The van der Waals surface area contributed by atoms with Crippen molar-refractivity contribution in [3.05, 3.63) is 171 Å². The Morgan fingerprint density at radius 2 is 0.787 bits per heavy atom. The number of halogens is 3. The summed E-state index contributed by atoms with van der Waals surface area (Å²) < 4.78 is 109. The molecule has 6 aromatic carbocycles. The van der Waals surface area contributed by atoms with Crippen LogP contribution in [0.5, 0.6) is 0 Å². The van der Waals surface area contributed by atoms with E-state index in [2.05, 4.69) is 15.2 Å². The number of benzene rings is 6. The summed E-state index contributed by atoms with van der Waals surface area (Å²) in [5.41, 5.74) is 46.9. The molecule has 502 valence electrons. The minimum absolute atomic E-state index is 0. The van der Waals surface area contributed by atoms with Gasteiger partial charge in [0.2, 0.25) is 22.8 Å². The molecule has 9 rings (SSSR count). The number of aryl methyl sites for hydroxylation is 3. The van der Waals surface area contributed by atoms with Gasteiger partial charge in [0.05, 0.1) is 34.1 Å². The van der Waals surface area contributed by atoms with Crippen LogP contribution in [0.3, 0.4) is 0 Å². The molecule has 2 aliphatic rings. The first-order valence-electron chi connectivity index (χ1n) is 25.7. The van der Waals surface area contributed by atoms with E-state index in [0.717, 1.165) is 57.8 Å². The first-order chi connectivity index (χ1) is 42.4. The first kappa shape index (κ1) is 85.2. The molecule has 37 heteroatoms. The molecular weight excluding hydrogens is 1310 g/mol. The average Bonchev–Trinajstić information content (AvgIpc) is 1.65. The molecule has 3 heterocycles. The molecule has 0 aliphatic carbocycles. The Kier molecular flexibility index (Phi) is 34.3. The second-order valence-electron chi connectivity index (χ2n) is 18.8. The van der Waals surface area contributed by atoms with E-state index in [1.165, 1.54) is 4.68 Å². The Hall–Kier alpha value is -8.79. The standard InChI is InChI=1S/2C18H19N5O.C11H11N3O2.C7H10N2.C2H4O2.CH4.3ClHO4.Na/c2*1-11-9-16(15(20)10-14(11)19)21-17-12(2)22(3)23(18(17)24)13-7-5-4-6-8-13;1-8-10(12-16)11(15)14(13(8)2)9-6-4-3-5-7-9;1-5-2-3-6(8)4-7(5)9;1-2(3)4;;3*2-1(3,4)5;/h2*4-10H,1-3H3,(H3,19,20);3-7H,1-2H3;2-4H,8-9H2,1H3;1H3,(H,3,4);1H4;3*(H,2,3,4,5);/q;;;;;;;;;+1/p-1. The van der Waals surface area contributed by atoms with Crippen LogP contribution in [0, 0.1) is 63.3 Å². The monoisotopic (exact) mass is 1380 g/mol. The Morgan fingerprint density at radius 1 is 0.489 bits per heavy atom. The summed E-state index contributed by atoms with van der Waals surface area (Å²) in [6.45, 7) is 12.2. The normalized spacial score (nSPS) is 13.2. The molecule has 0 unspecified atom stereocenters. The van der Waals surface area contributed by atoms with Crippen molar-refractivity contribution in [1.29, 1.82) is 0 Å². The van der Waals surface area contributed by atoms with Crippen molar-refractivity contribution in [2.75, 3.05) is 58.5 Å². The van der Waals surface area contributed by atoms with Crippen LogP contribution < -0.4 is 135 Å². The zero-order valence-electron chi connectivity index (χ0n) is 51.7. The number of carbonyl (C=O) groups is 3. The number of amides is 2. The summed E-state index contributed by atoms with van der Waals surface area (Å²) >= 11 is 0. The number of aromatic nitrogens is 2. The number of nitrogens with zero attached hydrogens (tertiary/aromatic N) is 9. The molecule has 2 amide bonds. The molecule has 0 bridgehead atoms. The van der Waals surface area contributed by atoms with Crippen molar-refractivity contribution >= 4 is 103 Å². The fourth-order valence-corrected chi connectivity index (χ4v) is 7.57. The van der Waals surface area contributed by atoms with Gasteiger partial charge < -0.3 is 39.5 Å². The molecule has 0 saturated heterocycles. The predicted molar refractivity (Wildman–Crippen MR) is 317 cm³/mol. The van der Waals surface area contributed by atoms with Crippen molar-refractivity contribution in [2.45, 2.75) is 55.9 Å². The molecular formula is C57H69Cl3N15NaO18. The van der Waals surface area contributed by atoms with Crippen LogP contribution in [-0.2, 0) is 21.4 Å². The molecule has 0 spiro atoms. The van der Waals surface area contributed by atoms with Gasteiger partial charge >= 0.3 is 46.9 Å². The minimum Gasteiger partial charge on any atom is -0.481 e. The van der Waals surface area contributed by atoms with Gasteiger partial charge in [-0.2, -0.15) is 0 Å². The van der Waals surface area contributed by atoms with Gasteiger partial charge in [-0.15, -0.1) is 45.0 Å². The fraction of sp³-hybridized carbons (Fsp3) is 0.193. The number of nitrogens with two attached hydrogens (primary N) is 6. The van der Waals surface area contributed by atoms with Crippen LogP contribution in [0.2, 0.25) is 0 Å². The van der Waals surface area contributed by atoms with Gasteiger partial charge in [0.15, 0.2) is 19.8 Å². The van der Waals surface area contributed by atoms with Crippen LogP contribution in [0.15, 0.2) is 153 Å². The van der Waals surface area contributed by atoms with Gasteiger partial charge in [0.1, 0.15) is 11.4 Å². The first-order valence-corrected chi connectivity index (χ1v) is 29.4. The van der Waals surface area contributed by atoms with E-state index >= 15 is 0 Å². The van der Waals surface area contributed by atoms with Crippen LogP contribution in [0.25, 0.3) is 5.69 Å². The number of carbonyl (C=O) groups excluding carboxylic acids is 2. The number of para-hydroxylation sites is 3. The Balaban J connectivity index is 0.00000115. The van der Waals surface area contributed by atoms with E-state index in [1.807, 2.05) is 140 Å². The minimum atomic E-state index is -4.94. The third-order valence-electron chi connectivity index (χ3n) is 12.3. The smallest absolute Gasteiger partial charge is 0.481 e. The average molecular weight is 1380 g/mol. The number of hydrazone groups is 2. The van der Waals surface area contributed by atoms with Crippen molar-refractivity contribution in [2.24, 2.45) is 22.2 Å². The number of rotatable bonds is 6. The van der Waals surface area contributed by atoms with Crippen LogP contribution in [-0.4, -0.2) is 78.6 Å². The number of hydrogen-bond donors (Lipinski definition) is 7. The van der Waals surface area contributed by atoms with E-state index < -0.39 is 36.7 Å². The number of aliphatic imine (C=N–C) groups is 2. The van der Waals surface area contributed by atoms with E-state index in [4.69, 9.17) is 100 Å². The van der Waals surface area contributed by atoms with E-state index in [0.29, 0.717) is 56.9 Å². The van der Waals surface area contributed by atoms with Crippen molar-refractivity contribution in [3.8, 4) is 5.69 Å². The zero-order valence-corrected chi connectivity index (χ0v) is 56.0. The third kappa shape index (κ3) is 27.8. The summed E-state index contributed by atoms with van der Waals surface area (Å²) in [6.07, 6.45) is 0. The predicted octanol–water partition coefficient (Wildman–Crippen LogP) is -8.90. The maximum absolute atomic E-state index is 12.9. The van der Waals surface area contributed by atoms with Gasteiger partial charge in [-0.25, -0.2) is 70.6 Å². The largest absolute Gasteiger partial charge is 1.00 e. The number of hydrogen-bond acceptors (Lipinski definition) is 26. The van der Waals surface area contributed by atoms with Crippen LogP contribution >= 0.6 is 0 Å². The summed E-state index contributed by atoms with van der Waals surface area (Å²) in [7, 11) is -9.45. The molecule has 2 aliphatic heterocycles. The molecule has 0 atom stereocenters. The number of carboxylic acid groups (broad SMARTS) is 1. The van der Waals surface area contributed by atoms with E-state index in [-0.39, 0.29) is 60.0 Å². The number of nitroso groups, excluding NO2 is 1. The van der Waals surface area contributed by atoms with Crippen molar-refractivity contribution < 1.29 is 145 Å². The maximum atomic E-state index is 12.9. The molecule has 1 aromatic heterocycles. The summed E-state index contributed by atoms with van der Waals surface area (Å²) in [6, 6.07) is 40.5. The number of carboxylic acids is 1. The van der Waals surface area contributed by atoms with E-state index in [9.17, 15) is 19.3 Å². The second kappa shape index (κ2) is 37.8. The molecule has 94 heavy (non-hydrogen) atoms. The quantitative estimate of drug-likeness (QED) is 0.0352. The Labute approximate surface area is 567 Å². The third-order valence-corrected chi connectivity index (χ3v) is 12.3. The van der Waals surface area contributed by atoms with Gasteiger partial charge in [0.25, 0.3) is 5.97 Å². The number of anilines is 8. The summed E-state index contributed by atoms with van der Waals surface area (Å²) in [5.74, 6) is -1.20. The number of aliphatic carboxylic acids is 1. The number of nitrogen functional groups attached to an aromatic ring is 6. The fourth-order valence-electron chi connectivity index (χ4n) is 7.57. The second-order valence-corrected chi connectivity index (χ2v) is 21.1. The van der Waals surface area contributed by atoms with Gasteiger partial charge in [-0.1, -0.05) is 78.1 Å². The van der Waals surface area contributed by atoms with Gasteiger partial charge in [-0.05, 0) is 122 Å². The molecule has 0 fully saturated rings. The topological polar surface area (TPSA) is 598 Å². The molecule has 13 N–H and O–H groups in total. The molecule has 0 radical (unpaired) electrons. The SMILES string of the molecule is C.CC(=O)O.CC1=[N+](C)N(c2ccccc2)C(=O)C1=Nc1cc(C)c(N)cc1N.CC1=[N+](C)N(c2ccccc2)C(=O)C1=Nc1cc(C)c(N)cc1N.Cc1c(N=O)c(=O)n(-c2ccccc2)n1C.Cc1ccc(N)cc1N.[Na+].[O-][Cl+3]([O-])([O-])[O-].[O-][Cl+3]([O-])([O-])[O-].[O-][Cl+3]([O-])([O-])[O-]. The van der Waals surface area contributed by atoms with E-state index in [1.54, 1.807) is 80.5 Å². The van der Waals surface area contributed by atoms with Crippen molar-refractivity contribution in [1.82, 2.24) is 9.36 Å². The van der Waals surface area contributed by atoms with Gasteiger partial charge in [0, 0.05) is 50.6 Å². The Morgan fingerprint density at radius 3 is 1.06 bits per heavy atom. The van der Waals surface area contributed by atoms with Gasteiger partial charge in [-0.3, -0.25) is 23.9 Å². The maximum Gasteiger partial charge on any atom is 1.00 e.